The standard InChI is InChI=1S/C13H24N2O2/c1-9-3-2-4-12(9)15-13(17)14-10-5-7-11(16)8-6-10/h9-12,16H,2-8H2,1H3,(H2,14,15,17). The van der Waals surface area contributed by atoms with Crippen molar-refractivity contribution < 1.29 is 9.90 Å². The number of hydrogen-bond donors (Lipinski definition) is 3. The normalized spacial score (nSPS) is 37.8. The molecule has 2 unspecified atom stereocenters. The maximum Gasteiger partial charge on any atom is 0.315 e. The average molecular weight is 240 g/mol. The van der Waals surface area contributed by atoms with Gasteiger partial charge in [0, 0.05) is 12.1 Å². The number of carbonyl (C=O) groups is 1. The van der Waals surface area contributed by atoms with Gasteiger partial charge in [-0.1, -0.05) is 13.3 Å². The summed E-state index contributed by atoms with van der Waals surface area (Å²) in [6, 6.07) is 0.574. The summed E-state index contributed by atoms with van der Waals surface area (Å²) in [6.45, 7) is 2.20. The molecule has 0 aliphatic heterocycles. The topological polar surface area (TPSA) is 61.4 Å². The number of urea groups is 1. The van der Waals surface area contributed by atoms with Gasteiger partial charge >= 0.3 is 6.03 Å². The summed E-state index contributed by atoms with van der Waals surface area (Å²) in [7, 11) is 0. The first-order valence-electron chi connectivity index (χ1n) is 6.90. The Bertz CT molecular complexity index is 262. The molecule has 4 heteroatoms. The molecule has 98 valence electrons. The molecule has 17 heavy (non-hydrogen) atoms. The van der Waals surface area contributed by atoms with Gasteiger partial charge in [0.1, 0.15) is 0 Å². The van der Waals surface area contributed by atoms with Gasteiger partial charge in [0.05, 0.1) is 6.10 Å². The lowest BCUT2D eigenvalue weighted by Crippen LogP contribution is -2.48. The molecule has 0 aromatic rings. The molecule has 2 aliphatic rings. The number of carbonyl (C=O) groups excluding carboxylic acids is 1. The van der Waals surface area contributed by atoms with Crippen molar-refractivity contribution in [1.29, 1.82) is 0 Å². The van der Waals surface area contributed by atoms with E-state index in [-0.39, 0.29) is 18.2 Å². The highest BCUT2D eigenvalue weighted by atomic mass is 16.3. The monoisotopic (exact) mass is 240 g/mol. The van der Waals surface area contributed by atoms with E-state index < -0.39 is 0 Å². The van der Waals surface area contributed by atoms with E-state index >= 15 is 0 Å². The molecular formula is C13H24N2O2. The van der Waals surface area contributed by atoms with E-state index in [1.807, 2.05) is 0 Å². The first kappa shape index (κ1) is 12.7. The van der Waals surface area contributed by atoms with Crippen LogP contribution in [0.15, 0.2) is 0 Å². The SMILES string of the molecule is CC1CCCC1NC(=O)NC1CCC(O)CC1. The number of nitrogens with one attached hydrogen (secondary N) is 2. The second kappa shape index (κ2) is 5.71. The van der Waals surface area contributed by atoms with Crippen molar-refractivity contribution in [2.45, 2.75) is 70.1 Å². The Kier molecular flexibility index (Phi) is 4.26. The zero-order chi connectivity index (χ0) is 12.3. The highest BCUT2D eigenvalue weighted by Gasteiger charge is 2.26. The van der Waals surface area contributed by atoms with E-state index in [1.165, 1.54) is 12.8 Å². The summed E-state index contributed by atoms with van der Waals surface area (Å²) in [5.41, 5.74) is 0. The molecular weight excluding hydrogens is 216 g/mol. The first-order chi connectivity index (χ1) is 8.15. The molecule has 2 fully saturated rings. The smallest absolute Gasteiger partial charge is 0.315 e. The highest BCUT2D eigenvalue weighted by molar-refractivity contribution is 5.74. The maximum atomic E-state index is 11.8. The minimum Gasteiger partial charge on any atom is -0.393 e. The minimum atomic E-state index is -0.161. The van der Waals surface area contributed by atoms with Crippen molar-refractivity contribution in [3.05, 3.63) is 0 Å². The van der Waals surface area contributed by atoms with E-state index in [9.17, 15) is 9.90 Å². The molecule has 0 radical (unpaired) electrons. The number of amides is 2. The Labute approximate surface area is 103 Å². The van der Waals surface area contributed by atoms with Crippen molar-refractivity contribution in [2.75, 3.05) is 0 Å². The van der Waals surface area contributed by atoms with Crippen molar-refractivity contribution in [1.82, 2.24) is 10.6 Å². The van der Waals surface area contributed by atoms with Crippen LogP contribution < -0.4 is 10.6 Å². The fourth-order valence-corrected chi connectivity index (χ4v) is 2.98. The second-order valence-electron chi connectivity index (χ2n) is 5.64. The van der Waals surface area contributed by atoms with Crippen LogP contribution in [0.25, 0.3) is 0 Å². The molecule has 0 aromatic carbocycles. The van der Waals surface area contributed by atoms with E-state index in [4.69, 9.17) is 0 Å². The van der Waals surface area contributed by atoms with Gasteiger partial charge in [0.15, 0.2) is 0 Å². The van der Waals surface area contributed by atoms with Gasteiger partial charge in [-0.3, -0.25) is 0 Å². The molecule has 0 bridgehead atoms. The number of aliphatic hydroxyl groups excluding tert-OH is 1. The van der Waals surface area contributed by atoms with E-state index in [1.54, 1.807) is 0 Å². The van der Waals surface area contributed by atoms with E-state index in [0.717, 1.165) is 32.1 Å². The van der Waals surface area contributed by atoms with Crippen molar-refractivity contribution in [2.24, 2.45) is 5.92 Å². The van der Waals surface area contributed by atoms with Crippen LogP contribution in [0.2, 0.25) is 0 Å². The van der Waals surface area contributed by atoms with Gasteiger partial charge in [-0.05, 0) is 44.4 Å². The van der Waals surface area contributed by atoms with Crippen LogP contribution in [0.4, 0.5) is 4.79 Å². The molecule has 2 atom stereocenters. The lowest BCUT2D eigenvalue weighted by molar-refractivity contribution is 0.117. The Morgan fingerprint density at radius 1 is 1.06 bits per heavy atom. The zero-order valence-corrected chi connectivity index (χ0v) is 10.6. The van der Waals surface area contributed by atoms with Crippen LogP contribution in [0.1, 0.15) is 51.9 Å². The summed E-state index contributed by atoms with van der Waals surface area (Å²) in [5, 5.41) is 15.5. The Hall–Kier alpha value is -0.770. The third kappa shape index (κ3) is 3.60. The average Bonchev–Trinajstić information content (AvgIpc) is 2.68. The van der Waals surface area contributed by atoms with Gasteiger partial charge in [-0.15, -0.1) is 0 Å². The summed E-state index contributed by atoms with van der Waals surface area (Å²) in [6.07, 6.45) is 6.81. The predicted octanol–water partition coefficient (Wildman–Crippen LogP) is 1.78. The quantitative estimate of drug-likeness (QED) is 0.689. The molecule has 0 saturated heterocycles. The van der Waals surface area contributed by atoms with Crippen molar-refractivity contribution in [3.63, 3.8) is 0 Å². The zero-order valence-electron chi connectivity index (χ0n) is 10.6. The molecule has 2 aliphatic carbocycles. The fourth-order valence-electron chi connectivity index (χ4n) is 2.98. The van der Waals surface area contributed by atoms with Crippen LogP contribution in [0, 0.1) is 5.92 Å². The summed E-state index contributed by atoms with van der Waals surface area (Å²) >= 11 is 0. The summed E-state index contributed by atoms with van der Waals surface area (Å²) in [4.78, 5) is 11.8. The maximum absolute atomic E-state index is 11.8. The summed E-state index contributed by atoms with van der Waals surface area (Å²) in [5.74, 6) is 0.605. The largest absolute Gasteiger partial charge is 0.393 e. The lowest BCUT2D eigenvalue weighted by Gasteiger charge is -2.27. The number of aliphatic hydroxyl groups is 1. The van der Waals surface area contributed by atoms with Gasteiger partial charge < -0.3 is 15.7 Å². The van der Waals surface area contributed by atoms with Crippen molar-refractivity contribution >= 4 is 6.03 Å². The first-order valence-corrected chi connectivity index (χ1v) is 6.90. The molecule has 2 saturated carbocycles. The molecule has 4 nitrogen and oxygen atoms in total. The van der Waals surface area contributed by atoms with Crippen LogP contribution in [0.5, 0.6) is 0 Å². The van der Waals surface area contributed by atoms with Crippen LogP contribution in [-0.2, 0) is 0 Å². The molecule has 0 spiro atoms. The van der Waals surface area contributed by atoms with Crippen LogP contribution in [0.3, 0.4) is 0 Å². The van der Waals surface area contributed by atoms with Gasteiger partial charge in [-0.2, -0.15) is 0 Å². The van der Waals surface area contributed by atoms with E-state index in [0.29, 0.717) is 12.0 Å². The summed E-state index contributed by atoms with van der Waals surface area (Å²) < 4.78 is 0. The van der Waals surface area contributed by atoms with Crippen LogP contribution in [-0.4, -0.2) is 29.3 Å². The Morgan fingerprint density at radius 3 is 2.35 bits per heavy atom. The Morgan fingerprint density at radius 2 is 1.76 bits per heavy atom. The van der Waals surface area contributed by atoms with Crippen molar-refractivity contribution in [3.8, 4) is 0 Å². The molecule has 2 amide bonds. The molecule has 0 heterocycles. The fraction of sp³-hybridized carbons (Fsp3) is 0.923. The third-order valence-corrected chi connectivity index (χ3v) is 4.21. The van der Waals surface area contributed by atoms with Gasteiger partial charge in [0.2, 0.25) is 0 Å². The second-order valence-corrected chi connectivity index (χ2v) is 5.64. The number of rotatable bonds is 2. The minimum absolute atomic E-state index is 0.0230. The predicted molar refractivity (Wildman–Crippen MR) is 66.7 cm³/mol. The molecule has 0 aromatic heterocycles. The third-order valence-electron chi connectivity index (χ3n) is 4.21. The van der Waals surface area contributed by atoms with Crippen LogP contribution >= 0.6 is 0 Å². The van der Waals surface area contributed by atoms with Gasteiger partial charge in [0.25, 0.3) is 0 Å². The number of hydrogen-bond acceptors (Lipinski definition) is 2. The molecule has 3 N–H and O–H groups in total. The molecule has 2 rings (SSSR count). The van der Waals surface area contributed by atoms with E-state index in [2.05, 4.69) is 17.6 Å². The Balaban J connectivity index is 1.70. The van der Waals surface area contributed by atoms with Gasteiger partial charge in [-0.25, -0.2) is 4.79 Å². The highest BCUT2D eigenvalue weighted by Crippen LogP contribution is 2.24. The lowest BCUT2D eigenvalue weighted by atomic mass is 9.93.